The highest BCUT2D eigenvalue weighted by Crippen LogP contribution is 2.26. The number of hydrogen-bond acceptors (Lipinski definition) is 1. The molecular formula is C15H21ClO. The van der Waals surface area contributed by atoms with Crippen molar-refractivity contribution in [1.82, 2.24) is 0 Å². The lowest BCUT2D eigenvalue weighted by molar-refractivity contribution is -0.111. The summed E-state index contributed by atoms with van der Waals surface area (Å²) in [5, 5.41) is -0.247. The van der Waals surface area contributed by atoms with E-state index in [1.807, 2.05) is 0 Å². The number of rotatable bonds is 4. The number of hydrogen-bond donors (Lipinski definition) is 0. The molecule has 0 aliphatic heterocycles. The Labute approximate surface area is 109 Å². The van der Waals surface area contributed by atoms with Gasteiger partial charge in [0, 0.05) is 6.42 Å². The van der Waals surface area contributed by atoms with Crippen LogP contribution in [0.15, 0.2) is 24.3 Å². The maximum Gasteiger partial charge on any atom is 0.221 e. The minimum absolute atomic E-state index is 0.188. The quantitative estimate of drug-likeness (QED) is 0.714. The molecule has 0 aliphatic rings. The Balaban J connectivity index is 2.70. The number of carbonyl (C=O) groups excluding carboxylic acids is 1. The Morgan fingerprint density at radius 3 is 2.18 bits per heavy atom. The monoisotopic (exact) mass is 252 g/mol. The molecule has 1 aromatic rings. The van der Waals surface area contributed by atoms with Crippen LogP contribution in [0.2, 0.25) is 0 Å². The molecule has 0 heterocycles. The van der Waals surface area contributed by atoms with Crippen molar-refractivity contribution in [3.8, 4) is 0 Å². The minimum atomic E-state index is -0.247. The highest BCUT2D eigenvalue weighted by molar-refractivity contribution is 6.63. The number of halogens is 1. The van der Waals surface area contributed by atoms with E-state index in [9.17, 15) is 4.79 Å². The molecular weight excluding hydrogens is 232 g/mol. The van der Waals surface area contributed by atoms with Crippen molar-refractivity contribution in [2.24, 2.45) is 0 Å². The van der Waals surface area contributed by atoms with Crippen molar-refractivity contribution < 1.29 is 4.79 Å². The molecule has 0 amide bonds. The van der Waals surface area contributed by atoms with Gasteiger partial charge >= 0.3 is 0 Å². The third kappa shape index (κ3) is 4.51. The van der Waals surface area contributed by atoms with Crippen molar-refractivity contribution >= 4 is 16.8 Å². The summed E-state index contributed by atoms with van der Waals surface area (Å²) in [5.41, 5.74) is 2.80. The van der Waals surface area contributed by atoms with E-state index in [0.29, 0.717) is 12.3 Å². The second-order valence-electron chi connectivity index (χ2n) is 5.67. The average molecular weight is 253 g/mol. The largest absolute Gasteiger partial charge is 0.281 e. The van der Waals surface area contributed by atoms with Crippen LogP contribution in [-0.4, -0.2) is 5.24 Å². The second kappa shape index (κ2) is 5.68. The van der Waals surface area contributed by atoms with Crippen LogP contribution in [0.5, 0.6) is 0 Å². The molecule has 0 radical (unpaired) electrons. The van der Waals surface area contributed by atoms with Crippen LogP contribution in [0.4, 0.5) is 0 Å². The molecule has 0 aromatic heterocycles. The summed E-state index contributed by atoms with van der Waals surface area (Å²) in [5.74, 6) is 0.381. The predicted molar refractivity (Wildman–Crippen MR) is 73.7 cm³/mol. The van der Waals surface area contributed by atoms with E-state index in [1.54, 1.807) is 0 Å². The van der Waals surface area contributed by atoms with Crippen LogP contribution in [0, 0.1) is 0 Å². The highest BCUT2D eigenvalue weighted by atomic mass is 35.5. The average Bonchev–Trinajstić information content (AvgIpc) is 2.25. The van der Waals surface area contributed by atoms with Crippen molar-refractivity contribution in [1.29, 1.82) is 0 Å². The lowest BCUT2D eigenvalue weighted by atomic mass is 9.85. The summed E-state index contributed by atoms with van der Waals surface area (Å²) < 4.78 is 0. The molecule has 1 unspecified atom stereocenters. The molecule has 0 spiro atoms. The number of carbonyl (C=O) groups is 1. The van der Waals surface area contributed by atoms with Gasteiger partial charge in [-0.15, -0.1) is 0 Å². The summed E-state index contributed by atoms with van der Waals surface area (Å²) in [7, 11) is 0. The zero-order chi connectivity index (χ0) is 13.1. The van der Waals surface area contributed by atoms with E-state index in [-0.39, 0.29) is 10.7 Å². The SMILES string of the molecule is CC(CCC(=O)Cl)c1ccc(C(C)(C)C)cc1. The first-order chi connectivity index (χ1) is 7.80. The minimum Gasteiger partial charge on any atom is -0.281 e. The summed E-state index contributed by atoms with van der Waals surface area (Å²) in [6.45, 7) is 8.75. The second-order valence-corrected chi connectivity index (χ2v) is 6.09. The Morgan fingerprint density at radius 2 is 1.76 bits per heavy atom. The topological polar surface area (TPSA) is 17.1 Å². The molecule has 1 atom stereocenters. The van der Waals surface area contributed by atoms with Crippen molar-refractivity contribution in [3.63, 3.8) is 0 Å². The smallest absolute Gasteiger partial charge is 0.221 e. The number of benzene rings is 1. The molecule has 1 aromatic carbocycles. The predicted octanol–water partition coefficient (Wildman–Crippen LogP) is 4.63. The molecule has 0 saturated heterocycles. The summed E-state index contributed by atoms with van der Waals surface area (Å²) >= 11 is 5.36. The Hall–Kier alpha value is -0.820. The summed E-state index contributed by atoms with van der Waals surface area (Å²) in [4.78, 5) is 10.7. The normalized spacial score (nSPS) is 13.5. The Bertz CT molecular complexity index is 373. The standard InChI is InChI=1S/C15H21ClO/c1-11(5-10-14(16)17)12-6-8-13(9-7-12)15(2,3)4/h6-9,11H,5,10H2,1-4H3. The van der Waals surface area contributed by atoms with Gasteiger partial charge in [-0.2, -0.15) is 0 Å². The van der Waals surface area contributed by atoms with Gasteiger partial charge in [0.1, 0.15) is 0 Å². The van der Waals surface area contributed by atoms with E-state index in [4.69, 9.17) is 11.6 Å². The fraction of sp³-hybridized carbons (Fsp3) is 0.533. The van der Waals surface area contributed by atoms with Crippen LogP contribution in [-0.2, 0) is 10.2 Å². The molecule has 17 heavy (non-hydrogen) atoms. The lowest BCUT2D eigenvalue weighted by Gasteiger charge is -2.20. The van der Waals surface area contributed by atoms with E-state index < -0.39 is 0 Å². The van der Waals surface area contributed by atoms with Crippen LogP contribution in [0.1, 0.15) is 57.6 Å². The van der Waals surface area contributed by atoms with Gasteiger partial charge in [0.15, 0.2) is 0 Å². The van der Waals surface area contributed by atoms with Gasteiger partial charge in [0.25, 0.3) is 0 Å². The lowest BCUT2D eigenvalue weighted by Crippen LogP contribution is -2.10. The van der Waals surface area contributed by atoms with Gasteiger partial charge in [0.2, 0.25) is 5.24 Å². The fourth-order valence-corrected chi connectivity index (χ4v) is 1.92. The molecule has 0 saturated carbocycles. The van der Waals surface area contributed by atoms with Crippen LogP contribution < -0.4 is 0 Å². The van der Waals surface area contributed by atoms with Gasteiger partial charge in [-0.05, 0) is 40.5 Å². The zero-order valence-corrected chi connectivity index (χ0v) is 11.8. The van der Waals surface area contributed by atoms with Crippen molar-refractivity contribution in [2.45, 2.75) is 51.9 Å². The van der Waals surface area contributed by atoms with Gasteiger partial charge < -0.3 is 0 Å². The molecule has 0 bridgehead atoms. The van der Waals surface area contributed by atoms with E-state index in [1.165, 1.54) is 11.1 Å². The van der Waals surface area contributed by atoms with Crippen LogP contribution in [0.3, 0.4) is 0 Å². The van der Waals surface area contributed by atoms with Crippen molar-refractivity contribution in [3.05, 3.63) is 35.4 Å². The fourth-order valence-electron chi connectivity index (χ4n) is 1.81. The Kier molecular flexibility index (Phi) is 4.76. The molecule has 1 rings (SSSR count). The molecule has 0 N–H and O–H groups in total. The third-order valence-electron chi connectivity index (χ3n) is 3.12. The zero-order valence-electron chi connectivity index (χ0n) is 11.1. The van der Waals surface area contributed by atoms with Gasteiger partial charge in [0.05, 0.1) is 0 Å². The van der Waals surface area contributed by atoms with Crippen molar-refractivity contribution in [2.75, 3.05) is 0 Å². The molecule has 0 fully saturated rings. The summed E-state index contributed by atoms with van der Waals surface area (Å²) in [6, 6.07) is 8.66. The third-order valence-corrected chi connectivity index (χ3v) is 3.31. The molecule has 0 aliphatic carbocycles. The summed E-state index contributed by atoms with van der Waals surface area (Å²) in [6.07, 6.45) is 1.26. The maximum atomic E-state index is 10.7. The first-order valence-electron chi connectivity index (χ1n) is 6.09. The molecule has 94 valence electrons. The highest BCUT2D eigenvalue weighted by Gasteiger charge is 2.14. The van der Waals surface area contributed by atoms with Crippen LogP contribution in [0.25, 0.3) is 0 Å². The first-order valence-corrected chi connectivity index (χ1v) is 6.47. The van der Waals surface area contributed by atoms with Crippen LogP contribution >= 0.6 is 11.6 Å². The maximum absolute atomic E-state index is 10.7. The Morgan fingerprint density at radius 1 is 1.24 bits per heavy atom. The molecule has 1 nitrogen and oxygen atoms in total. The van der Waals surface area contributed by atoms with E-state index >= 15 is 0 Å². The molecule has 2 heteroatoms. The van der Waals surface area contributed by atoms with Gasteiger partial charge in [-0.25, -0.2) is 0 Å². The van der Waals surface area contributed by atoms with E-state index in [0.717, 1.165) is 6.42 Å². The first kappa shape index (κ1) is 14.2. The van der Waals surface area contributed by atoms with Gasteiger partial charge in [-0.1, -0.05) is 52.0 Å². The van der Waals surface area contributed by atoms with E-state index in [2.05, 4.69) is 52.0 Å². The van der Waals surface area contributed by atoms with Gasteiger partial charge in [-0.3, -0.25) is 4.79 Å².